The first-order valence-corrected chi connectivity index (χ1v) is 10.2. The molecule has 0 aliphatic carbocycles. The van der Waals surface area contributed by atoms with Crippen molar-refractivity contribution in [3.63, 3.8) is 0 Å². The quantitative estimate of drug-likeness (QED) is 0.747. The minimum absolute atomic E-state index is 0.0455. The summed E-state index contributed by atoms with van der Waals surface area (Å²) in [7, 11) is 0. The van der Waals surface area contributed by atoms with Crippen molar-refractivity contribution in [3.8, 4) is 0 Å². The first-order chi connectivity index (χ1) is 13.5. The van der Waals surface area contributed by atoms with E-state index < -0.39 is 5.79 Å². The van der Waals surface area contributed by atoms with E-state index in [4.69, 9.17) is 9.47 Å². The van der Waals surface area contributed by atoms with Gasteiger partial charge in [0.1, 0.15) is 6.54 Å². The van der Waals surface area contributed by atoms with E-state index in [-0.39, 0.29) is 18.4 Å². The van der Waals surface area contributed by atoms with Gasteiger partial charge in [0.2, 0.25) is 11.8 Å². The number of piperidine rings is 1. The highest BCUT2D eigenvalue weighted by Gasteiger charge is 2.40. The molecule has 7 nitrogen and oxygen atoms in total. The van der Waals surface area contributed by atoms with Gasteiger partial charge in [0.05, 0.1) is 13.2 Å². The summed E-state index contributed by atoms with van der Waals surface area (Å²) in [6.07, 6.45) is 1.36. The van der Waals surface area contributed by atoms with Crippen LogP contribution in [0.1, 0.15) is 33.6 Å². The van der Waals surface area contributed by atoms with E-state index in [9.17, 15) is 9.59 Å². The average molecular weight is 389 g/mol. The van der Waals surface area contributed by atoms with Crippen LogP contribution >= 0.6 is 0 Å². The topological polar surface area (TPSA) is 62.3 Å². The van der Waals surface area contributed by atoms with Crippen molar-refractivity contribution in [2.24, 2.45) is 0 Å². The predicted molar refractivity (Wildman–Crippen MR) is 108 cm³/mol. The zero-order valence-electron chi connectivity index (χ0n) is 17.1. The van der Waals surface area contributed by atoms with Crippen LogP contribution in [0.25, 0.3) is 0 Å². The van der Waals surface area contributed by atoms with Crippen molar-refractivity contribution in [1.29, 1.82) is 0 Å². The zero-order chi connectivity index (χ0) is 20.1. The molecule has 1 aromatic carbocycles. The largest absolute Gasteiger partial charge is 0.372 e. The van der Waals surface area contributed by atoms with Crippen LogP contribution in [0, 0.1) is 0 Å². The number of hydrogen-bond acceptors (Lipinski definition) is 5. The first-order valence-electron chi connectivity index (χ1n) is 10.2. The Bertz CT molecular complexity index is 671. The maximum absolute atomic E-state index is 12.8. The highest BCUT2D eigenvalue weighted by Crippen LogP contribution is 2.31. The number of ether oxygens (including phenoxy) is 2. The van der Waals surface area contributed by atoms with E-state index in [1.807, 2.05) is 24.3 Å². The van der Waals surface area contributed by atoms with Gasteiger partial charge in [-0.05, 0) is 38.1 Å². The number of carbonyl (C=O) groups is 2. The molecule has 2 aliphatic rings. The van der Waals surface area contributed by atoms with Crippen LogP contribution in [0.4, 0.5) is 11.4 Å². The van der Waals surface area contributed by atoms with Crippen molar-refractivity contribution in [3.05, 3.63) is 24.3 Å². The summed E-state index contributed by atoms with van der Waals surface area (Å²) in [6.45, 7) is 10.0. The molecule has 2 aliphatic heterocycles. The molecule has 0 aromatic heterocycles. The summed E-state index contributed by atoms with van der Waals surface area (Å²) in [4.78, 5) is 30.6. The van der Waals surface area contributed by atoms with E-state index in [1.54, 1.807) is 9.80 Å². The molecule has 0 radical (unpaired) electrons. The standard InChI is InChI=1S/C21H31N3O4/c1-4-22(5-2)18-6-8-19(9-7-18)24(17(3)25)16-20(26)23-12-10-21(11-13-23)27-14-15-28-21/h6-9H,4-5,10-16H2,1-3H3. The molecule has 1 spiro atoms. The van der Waals surface area contributed by atoms with Crippen LogP contribution in [-0.2, 0) is 19.1 Å². The fourth-order valence-electron chi connectivity index (χ4n) is 3.93. The summed E-state index contributed by atoms with van der Waals surface area (Å²) < 4.78 is 11.4. The Hall–Kier alpha value is -2.12. The van der Waals surface area contributed by atoms with Crippen molar-refractivity contribution in [2.45, 2.75) is 39.4 Å². The molecule has 7 heteroatoms. The Labute approximate surface area is 167 Å². The van der Waals surface area contributed by atoms with E-state index >= 15 is 0 Å². The van der Waals surface area contributed by atoms with Gasteiger partial charge in [-0.1, -0.05) is 0 Å². The summed E-state index contributed by atoms with van der Waals surface area (Å²) in [6, 6.07) is 7.83. The lowest BCUT2D eigenvalue weighted by Gasteiger charge is -2.38. The lowest BCUT2D eigenvalue weighted by atomic mass is 10.0. The average Bonchev–Trinajstić information content (AvgIpc) is 3.16. The third-order valence-electron chi connectivity index (χ3n) is 5.65. The smallest absolute Gasteiger partial charge is 0.242 e. The lowest BCUT2D eigenvalue weighted by molar-refractivity contribution is -0.187. The number of nitrogens with zero attached hydrogens (tertiary/aromatic N) is 3. The number of hydrogen-bond donors (Lipinski definition) is 0. The minimum Gasteiger partial charge on any atom is -0.372 e. The van der Waals surface area contributed by atoms with Crippen molar-refractivity contribution >= 4 is 23.2 Å². The van der Waals surface area contributed by atoms with E-state index in [1.165, 1.54) is 6.92 Å². The molecule has 2 saturated heterocycles. The number of benzene rings is 1. The second-order valence-electron chi connectivity index (χ2n) is 7.28. The van der Waals surface area contributed by atoms with Crippen LogP contribution in [0.2, 0.25) is 0 Å². The van der Waals surface area contributed by atoms with Gasteiger partial charge in [-0.3, -0.25) is 9.59 Å². The number of rotatable bonds is 6. The summed E-state index contributed by atoms with van der Waals surface area (Å²) >= 11 is 0. The Morgan fingerprint density at radius 2 is 1.54 bits per heavy atom. The second kappa shape index (κ2) is 8.92. The van der Waals surface area contributed by atoms with E-state index in [2.05, 4.69) is 18.7 Å². The van der Waals surface area contributed by atoms with E-state index in [0.29, 0.717) is 39.1 Å². The Balaban J connectivity index is 1.63. The molecule has 1 aromatic rings. The monoisotopic (exact) mass is 389 g/mol. The maximum atomic E-state index is 12.8. The fourth-order valence-corrected chi connectivity index (χ4v) is 3.93. The normalized spacial score (nSPS) is 18.3. The predicted octanol–water partition coefficient (Wildman–Crippen LogP) is 2.25. The summed E-state index contributed by atoms with van der Waals surface area (Å²) in [5.74, 6) is -0.687. The van der Waals surface area contributed by atoms with Crippen molar-refractivity contribution in [2.75, 3.05) is 55.7 Å². The van der Waals surface area contributed by atoms with E-state index in [0.717, 1.165) is 24.5 Å². The lowest BCUT2D eigenvalue weighted by Crippen LogP contribution is -2.50. The molecule has 2 fully saturated rings. The molecule has 2 amide bonds. The number of likely N-dealkylation sites (tertiary alicyclic amines) is 1. The molecule has 2 heterocycles. The number of anilines is 2. The van der Waals surface area contributed by atoms with Crippen molar-refractivity contribution in [1.82, 2.24) is 4.90 Å². The van der Waals surface area contributed by atoms with Gasteiger partial charge in [0.25, 0.3) is 0 Å². The Morgan fingerprint density at radius 3 is 2.04 bits per heavy atom. The van der Waals surface area contributed by atoms with Crippen LogP contribution in [-0.4, -0.2) is 68.4 Å². The number of carbonyl (C=O) groups excluding carboxylic acids is 2. The van der Waals surface area contributed by atoms with Gasteiger partial charge < -0.3 is 24.2 Å². The molecule has 0 N–H and O–H groups in total. The molecular weight excluding hydrogens is 358 g/mol. The molecular formula is C21H31N3O4. The van der Waals surface area contributed by atoms with Gasteiger partial charge in [-0.25, -0.2) is 0 Å². The third kappa shape index (κ3) is 4.47. The molecule has 0 unspecified atom stereocenters. The summed E-state index contributed by atoms with van der Waals surface area (Å²) in [5, 5.41) is 0. The van der Waals surface area contributed by atoms with Gasteiger partial charge in [0.15, 0.2) is 5.79 Å². The number of amides is 2. The highest BCUT2D eigenvalue weighted by molar-refractivity contribution is 5.97. The second-order valence-corrected chi connectivity index (χ2v) is 7.28. The van der Waals surface area contributed by atoms with Crippen LogP contribution < -0.4 is 9.80 Å². The molecule has 0 bridgehead atoms. The first kappa shape index (κ1) is 20.6. The van der Waals surface area contributed by atoms with Gasteiger partial charge >= 0.3 is 0 Å². The Morgan fingerprint density at radius 1 is 1.00 bits per heavy atom. The third-order valence-corrected chi connectivity index (χ3v) is 5.65. The van der Waals surface area contributed by atoms with Gasteiger partial charge in [0, 0.05) is 57.3 Å². The summed E-state index contributed by atoms with van der Waals surface area (Å²) in [5.41, 5.74) is 1.86. The highest BCUT2D eigenvalue weighted by atomic mass is 16.7. The Kier molecular flexibility index (Phi) is 6.57. The SMILES string of the molecule is CCN(CC)c1ccc(N(CC(=O)N2CCC3(CC2)OCCO3)C(C)=O)cc1. The molecule has 3 rings (SSSR count). The van der Waals surface area contributed by atoms with Crippen LogP contribution in [0.15, 0.2) is 24.3 Å². The molecule has 0 atom stereocenters. The van der Waals surface area contributed by atoms with Crippen molar-refractivity contribution < 1.29 is 19.1 Å². The van der Waals surface area contributed by atoms with Gasteiger partial charge in [-0.15, -0.1) is 0 Å². The minimum atomic E-state index is -0.503. The fraction of sp³-hybridized carbons (Fsp3) is 0.619. The van der Waals surface area contributed by atoms with Gasteiger partial charge in [-0.2, -0.15) is 0 Å². The molecule has 0 saturated carbocycles. The molecule has 154 valence electrons. The maximum Gasteiger partial charge on any atom is 0.242 e. The van der Waals surface area contributed by atoms with Crippen LogP contribution in [0.5, 0.6) is 0 Å². The zero-order valence-corrected chi connectivity index (χ0v) is 17.1. The molecule has 28 heavy (non-hydrogen) atoms. The van der Waals surface area contributed by atoms with Crippen LogP contribution in [0.3, 0.4) is 0 Å².